The first kappa shape index (κ1) is 10.4. The number of hydrogen-bond donors (Lipinski definition) is 1. The summed E-state index contributed by atoms with van der Waals surface area (Å²) in [5.41, 5.74) is 0.759. The maximum atomic E-state index is 10.4. The van der Waals surface area contributed by atoms with Crippen LogP contribution in [0.25, 0.3) is 0 Å². The van der Waals surface area contributed by atoms with Crippen molar-refractivity contribution in [1.29, 1.82) is 0 Å². The van der Waals surface area contributed by atoms with Crippen molar-refractivity contribution in [2.24, 2.45) is 7.05 Å². The first-order valence-electron chi connectivity index (χ1n) is 2.77. The maximum absolute atomic E-state index is 10.4. The van der Waals surface area contributed by atoms with E-state index in [0.717, 1.165) is 0 Å². The summed E-state index contributed by atoms with van der Waals surface area (Å²) >= 11 is 0. The summed E-state index contributed by atoms with van der Waals surface area (Å²) < 4.78 is 1.29. The minimum absolute atomic E-state index is 0. The van der Waals surface area contributed by atoms with Crippen molar-refractivity contribution in [2.45, 2.75) is 6.92 Å². The molecule has 0 amide bonds. The summed E-state index contributed by atoms with van der Waals surface area (Å²) in [5.74, 6) is -0.964. The first-order chi connectivity index (χ1) is 4.63. The summed E-state index contributed by atoms with van der Waals surface area (Å²) in [7, 11) is 1.58. The standard InChI is InChI=1S/C6H7N2O2.W/c1-4-3-7-8(2)5(4)6(9)10;/h1-2H3,(H,9,10);/q-1;+2. The molecule has 0 saturated carbocycles. The summed E-state index contributed by atoms with van der Waals surface area (Å²) in [6, 6.07) is 0. The zero-order valence-electron chi connectivity index (χ0n) is 6.16. The summed E-state index contributed by atoms with van der Waals surface area (Å²) in [4.78, 5) is 10.4. The maximum Gasteiger partial charge on any atom is 2.00 e. The van der Waals surface area contributed by atoms with E-state index in [9.17, 15) is 4.79 Å². The molecular weight excluding hydrogens is 316 g/mol. The van der Waals surface area contributed by atoms with Crippen LogP contribution in [0.4, 0.5) is 0 Å². The first-order valence-corrected chi connectivity index (χ1v) is 2.77. The summed E-state index contributed by atoms with van der Waals surface area (Å²) in [6.07, 6.45) is 2.55. The molecule has 0 radical (unpaired) electrons. The van der Waals surface area contributed by atoms with Crippen LogP contribution in [0.1, 0.15) is 16.1 Å². The van der Waals surface area contributed by atoms with Crippen LogP contribution in [0.2, 0.25) is 0 Å². The van der Waals surface area contributed by atoms with Gasteiger partial charge in [-0.3, -0.25) is 4.79 Å². The van der Waals surface area contributed by atoms with E-state index in [1.165, 1.54) is 4.68 Å². The Morgan fingerprint density at radius 2 is 2.27 bits per heavy atom. The van der Waals surface area contributed by atoms with Crippen molar-refractivity contribution in [3.8, 4) is 0 Å². The van der Waals surface area contributed by atoms with E-state index in [-0.39, 0.29) is 26.8 Å². The normalized spacial score (nSPS) is 8.91. The van der Waals surface area contributed by atoms with Crippen LogP contribution in [-0.2, 0) is 28.1 Å². The molecule has 0 saturated heterocycles. The number of aryl methyl sites for hydroxylation is 2. The fourth-order valence-corrected chi connectivity index (χ4v) is 0.794. The van der Waals surface area contributed by atoms with Crippen molar-refractivity contribution < 1.29 is 31.0 Å². The molecule has 5 heteroatoms. The van der Waals surface area contributed by atoms with E-state index in [0.29, 0.717) is 5.56 Å². The molecule has 0 aromatic carbocycles. The molecule has 1 heterocycles. The van der Waals surface area contributed by atoms with Gasteiger partial charge in [-0.2, -0.15) is 5.56 Å². The topological polar surface area (TPSA) is 55.1 Å². The second kappa shape index (κ2) is 3.67. The minimum atomic E-state index is -0.964. The Balaban J connectivity index is 0.000001000. The fourth-order valence-electron chi connectivity index (χ4n) is 0.794. The van der Waals surface area contributed by atoms with Gasteiger partial charge in [0.05, 0.1) is 0 Å². The van der Waals surface area contributed by atoms with Crippen molar-refractivity contribution in [2.75, 3.05) is 0 Å². The van der Waals surface area contributed by atoms with Crippen molar-refractivity contribution in [3.63, 3.8) is 0 Å². The smallest absolute Gasteiger partial charge is 0.490 e. The Labute approximate surface area is 78.5 Å². The second-order valence-corrected chi connectivity index (χ2v) is 2.01. The molecule has 0 fully saturated rings. The predicted molar refractivity (Wildman–Crippen MR) is 33.7 cm³/mol. The largest absolute Gasteiger partial charge is 2.00 e. The average molecular weight is 323 g/mol. The predicted octanol–water partition coefficient (Wildman–Crippen LogP) is 0.224. The SMILES string of the molecule is Cc1[c-]nn(C)c1C(=O)O.[W+2]. The van der Waals surface area contributed by atoms with Gasteiger partial charge in [0, 0.05) is 7.05 Å². The Morgan fingerprint density at radius 3 is 2.45 bits per heavy atom. The molecule has 1 N–H and O–H groups in total. The molecule has 0 atom stereocenters. The molecule has 0 spiro atoms. The van der Waals surface area contributed by atoms with E-state index < -0.39 is 5.97 Å². The fraction of sp³-hybridized carbons (Fsp3) is 0.333. The third kappa shape index (κ3) is 1.90. The second-order valence-electron chi connectivity index (χ2n) is 2.01. The Bertz CT molecular complexity index is 250. The van der Waals surface area contributed by atoms with Gasteiger partial charge in [-0.25, -0.2) is 0 Å². The summed E-state index contributed by atoms with van der Waals surface area (Å²) in [6.45, 7) is 1.66. The average Bonchev–Trinajstić information content (AvgIpc) is 2.11. The van der Waals surface area contributed by atoms with Crippen LogP contribution in [0, 0.1) is 13.1 Å². The van der Waals surface area contributed by atoms with Crippen molar-refractivity contribution >= 4 is 5.97 Å². The quantitative estimate of drug-likeness (QED) is 0.753. The monoisotopic (exact) mass is 323 g/mol. The molecule has 1 aromatic rings. The van der Waals surface area contributed by atoms with Gasteiger partial charge >= 0.3 is 21.1 Å². The van der Waals surface area contributed by atoms with E-state index in [1.54, 1.807) is 14.0 Å². The number of aromatic carboxylic acids is 1. The number of carboxylic acids is 1. The van der Waals surface area contributed by atoms with Crippen LogP contribution in [-0.4, -0.2) is 20.9 Å². The van der Waals surface area contributed by atoms with Crippen LogP contribution >= 0.6 is 0 Å². The van der Waals surface area contributed by atoms with Crippen LogP contribution in [0.15, 0.2) is 0 Å². The molecule has 11 heavy (non-hydrogen) atoms. The van der Waals surface area contributed by atoms with Gasteiger partial charge in [-0.05, 0) is 5.69 Å². The van der Waals surface area contributed by atoms with Gasteiger partial charge in [-0.15, -0.1) is 6.20 Å². The van der Waals surface area contributed by atoms with Crippen molar-refractivity contribution in [1.82, 2.24) is 9.78 Å². The van der Waals surface area contributed by atoms with Crippen LogP contribution in [0.5, 0.6) is 0 Å². The molecule has 1 rings (SSSR count). The molecule has 58 valence electrons. The number of carboxylic acid groups (broad SMARTS) is 1. The molecule has 0 aliphatic rings. The number of hydrogen-bond acceptors (Lipinski definition) is 2. The van der Waals surface area contributed by atoms with E-state index in [2.05, 4.69) is 11.3 Å². The van der Waals surface area contributed by atoms with Crippen molar-refractivity contribution in [3.05, 3.63) is 17.5 Å². The van der Waals surface area contributed by atoms with E-state index >= 15 is 0 Å². The third-order valence-corrected chi connectivity index (χ3v) is 1.25. The molecular formula is C6H7N2O2W+. The van der Waals surface area contributed by atoms with Gasteiger partial charge in [0.15, 0.2) is 0 Å². The number of carbonyl (C=O) groups is 1. The van der Waals surface area contributed by atoms with Gasteiger partial charge in [0.25, 0.3) is 5.97 Å². The summed E-state index contributed by atoms with van der Waals surface area (Å²) in [5, 5.41) is 12.2. The zero-order chi connectivity index (χ0) is 7.72. The molecule has 0 unspecified atom stereocenters. The molecule has 0 bridgehead atoms. The Kier molecular flexibility index (Phi) is 3.46. The van der Waals surface area contributed by atoms with Gasteiger partial charge < -0.3 is 14.9 Å². The molecule has 0 aliphatic heterocycles. The Hall–Kier alpha value is -0.632. The number of nitrogens with zero attached hydrogens (tertiary/aromatic N) is 2. The number of aromatic nitrogens is 2. The Morgan fingerprint density at radius 1 is 1.73 bits per heavy atom. The molecule has 4 nitrogen and oxygen atoms in total. The van der Waals surface area contributed by atoms with E-state index in [1.807, 2.05) is 0 Å². The minimum Gasteiger partial charge on any atom is -0.490 e. The zero-order valence-corrected chi connectivity index (χ0v) is 9.09. The van der Waals surface area contributed by atoms with E-state index in [4.69, 9.17) is 5.11 Å². The van der Waals surface area contributed by atoms with Crippen LogP contribution in [0.3, 0.4) is 0 Å². The van der Waals surface area contributed by atoms with Gasteiger partial charge in [-0.1, -0.05) is 6.92 Å². The molecule has 0 aliphatic carbocycles. The van der Waals surface area contributed by atoms with Gasteiger partial charge in [0.1, 0.15) is 0 Å². The van der Waals surface area contributed by atoms with Crippen LogP contribution < -0.4 is 0 Å². The third-order valence-electron chi connectivity index (χ3n) is 1.25. The number of rotatable bonds is 1. The van der Waals surface area contributed by atoms with Gasteiger partial charge in [0.2, 0.25) is 0 Å². The molecule has 1 aromatic heterocycles.